The Morgan fingerprint density at radius 3 is 2.87 bits per heavy atom. The first-order valence-electron chi connectivity index (χ1n) is 5.21. The molecule has 2 rings (SSSR count). The van der Waals surface area contributed by atoms with E-state index >= 15 is 0 Å². The summed E-state index contributed by atoms with van der Waals surface area (Å²) < 4.78 is 5.56. The van der Waals surface area contributed by atoms with Crippen LogP contribution in [0.3, 0.4) is 0 Å². The maximum absolute atomic E-state index is 9.60. The summed E-state index contributed by atoms with van der Waals surface area (Å²) in [6.07, 6.45) is -0.512. The van der Waals surface area contributed by atoms with Crippen LogP contribution in [0.4, 0.5) is 0 Å². The van der Waals surface area contributed by atoms with Crippen LogP contribution >= 0.6 is 0 Å². The van der Waals surface area contributed by atoms with Crippen molar-refractivity contribution < 1.29 is 14.9 Å². The highest BCUT2D eigenvalue weighted by Gasteiger charge is 2.33. The number of hydrogen-bond acceptors (Lipinski definition) is 3. The van der Waals surface area contributed by atoms with Crippen LogP contribution in [0.2, 0.25) is 0 Å². The molecule has 0 bridgehead atoms. The average molecular weight is 208 g/mol. The lowest BCUT2D eigenvalue weighted by atomic mass is 10.0. The van der Waals surface area contributed by atoms with Crippen molar-refractivity contribution in [3.05, 3.63) is 35.4 Å². The van der Waals surface area contributed by atoms with Crippen molar-refractivity contribution in [1.29, 1.82) is 0 Å². The monoisotopic (exact) mass is 208 g/mol. The zero-order chi connectivity index (χ0) is 10.8. The Morgan fingerprint density at radius 2 is 2.27 bits per heavy atom. The summed E-state index contributed by atoms with van der Waals surface area (Å²) in [5, 5.41) is 18.6. The minimum Gasteiger partial charge on any atom is -0.394 e. The second kappa shape index (κ2) is 4.31. The molecule has 15 heavy (non-hydrogen) atoms. The van der Waals surface area contributed by atoms with E-state index in [1.807, 2.05) is 25.1 Å². The molecule has 3 nitrogen and oxygen atoms in total. The quantitative estimate of drug-likeness (QED) is 0.767. The lowest BCUT2D eigenvalue weighted by molar-refractivity contribution is -0.0225. The molecule has 1 heterocycles. The van der Waals surface area contributed by atoms with E-state index < -0.39 is 12.2 Å². The molecule has 0 unspecified atom stereocenters. The fraction of sp³-hybridized carbons (Fsp3) is 0.500. The molecule has 1 saturated heterocycles. The minimum absolute atomic E-state index is 0.0861. The fourth-order valence-electron chi connectivity index (χ4n) is 1.98. The van der Waals surface area contributed by atoms with Gasteiger partial charge in [0.1, 0.15) is 6.10 Å². The van der Waals surface area contributed by atoms with Crippen molar-refractivity contribution in [2.45, 2.75) is 31.7 Å². The van der Waals surface area contributed by atoms with Crippen molar-refractivity contribution in [1.82, 2.24) is 0 Å². The van der Waals surface area contributed by atoms with E-state index in [4.69, 9.17) is 9.84 Å². The third-order valence-electron chi connectivity index (χ3n) is 2.82. The minimum atomic E-state index is -0.555. The number of ether oxygens (including phenoxy) is 1. The molecule has 2 N–H and O–H groups in total. The third-order valence-corrected chi connectivity index (χ3v) is 2.82. The van der Waals surface area contributed by atoms with Crippen molar-refractivity contribution in [2.75, 3.05) is 6.61 Å². The standard InChI is InChI=1S/C12H16O3/c1-8-3-2-4-9(5-8)11-6-10(14)12(7-13)15-11/h2-5,10-14H,6-7H2,1H3/t10-,11+,12+/m0/s1. The Morgan fingerprint density at radius 1 is 1.47 bits per heavy atom. The third kappa shape index (κ3) is 2.20. The number of aliphatic hydroxyl groups excluding tert-OH is 2. The zero-order valence-electron chi connectivity index (χ0n) is 8.76. The molecule has 82 valence electrons. The predicted octanol–water partition coefficient (Wildman–Crippen LogP) is 1.18. The summed E-state index contributed by atoms with van der Waals surface area (Å²) in [6.45, 7) is 1.90. The van der Waals surface area contributed by atoms with Crippen molar-refractivity contribution in [2.24, 2.45) is 0 Å². The Hall–Kier alpha value is -0.900. The Balaban J connectivity index is 2.13. The van der Waals surface area contributed by atoms with Gasteiger partial charge in [-0.15, -0.1) is 0 Å². The molecule has 0 aliphatic carbocycles. The van der Waals surface area contributed by atoms with E-state index in [0.717, 1.165) is 5.56 Å². The molecule has 0 radical (unpaired) electrons. The van der Waals surface area contributed by atoms with Gasteiger partial charge in [0, 0.05) is 6.42 Å². The second-order valence-corrected chi connectivity index (χ2v) is 4.06. The molecule has 0 saturated carbocycles. The van der Waals surface area contributed by atoms with Crippen LogP contribution < -0.4 is 0 Å². The zero-order valence-corrected chi connectivity index (χ0v) is 8.76. The van der Waals surface area contributed by atoms with Gasteiger partial charge in [-0.1, -0.05) is 29.8 Å². The van der Waals surface area contributed by atoms with Crippen LogP contribution in [0.25, 0.3) is 0 Å². The summed E-state index contributed by atoms with van der Waals surface area (Å²) in [7, 11) is 0. The van der Waals surface area contributed by atoms with Gasteiger partial charge in [-0.3, -0.25) is 0 Å². The lowest BCUT2D eigenvalue weighted by Gasteiger charge is -2.12. The number of benzene rings is 1. The average Bonchev–Trinajstić information content (AvgIpc) is 2.60. The van der Waals surface area contributed by atoms with E-state index in [0.29, 0.717) is 6.42 Å². The Bertz CT molecular complexity index is 337. The molecule has 1 aliphatic rings. The Labute approximate surface area is 89.3 Å². The van der Waals surface area contributed by atoms with E-state index in [1.165, 1.54) is 5.56 Å². The molecular formula is C12H16O3. The van der Waals surface area contributed by atoms with Crippen LogP contribution in [0, 0.1) is 6.92 Å². The van der Waals surface area contributed by atoms with Gasteiger partial charge >= 0.3 is 0 Å². The second-order valence-electron chi connectivity index (χ2n) is 4.06. The van der Waals surface area contributed by atoms with Gasteiger partial charge < -0.3 is 14.9 Å². The van der Waals surface area contributed by atoms with E-state index in [-0.39, 0.29) is 12.7 Å². The van der Waals surface area contributed by atoms with Crippen LogP contribution in [-0.2, 0) is 4.74 Å². The van der Waals surface area contributed by atoms with E-state index in [9.17, 15) is 5.11 Å². The van der Waals surface area contributed by atoms with Crippen LogP contribution in [0.15, 0.2) is 24.3 Å². The molecule has 1 fully saturated rings. The SMILES string of the molecule is Cc1cccc([C@H]2C[C@H](O)[C@@H](CO)O2)c1. The van der Waals surface area contributed by atoms with Crippen LogP contribution in [-0.4, -0.2) is 29.0 Å². The predicted molar refractivity (Wildman–Crippen MR) is 56.5 cm³/mol. The first-order valence-corrected chi connectivity index (χ1v) is 5.21. The van der Waals surface area contributed by atoms with Gasteiger partial charge in [0.25, 0.3) is 0 Å². The van der Waals surface area contributed by atoms with E-state index in [1.54, 1.807) is 0 Å². The highest BCUT2D eigenvalue weighted by molar-refractivity contribution is 5.25. The van der Waals surface area contributed by atoms with Crippen molar-refractivity contribution in [3.63, 3.8) is 0 Å². The van der Waals surface area contributed by atoms with Crippen LogP contribution in [0.5, 0.6) is 0 Å². The Kier molecular flexibility index (Phi) is 3.05. The largest absolute Gasteiger partial charge is 0.394 e. The molecule has 1 aromatic rings. The first-order chi connectivity index (χ1) is 7.20. The van der Waals surface area contributed by atoms with Gasteiger partial charge in [0.05, 0.1) is 18.8 Å². The molecular weight excluding hydrogens is 192 g/mol. The molecule has 0 spiro atoms. The number of aryl methyl sites for hydroxylation is 1. The molecule has 1 aliphatic heterocycles. The maximum atomic E-state index is 9.60. The first kappa shape index (κ1) is 10.6. The van der Waals surface area contributed by atoms with Crippen molar-refractivity contribution in [3.8, 4) is 0 Å². The van der Waals surface area contributed by atoms with Crippen molar-refractivity contribution >= 4 is 0 Å². The van der Waals surface area contributed by atoms with Gasteiger partial charge in [0.15, 0.2) is 0 Å². The number of rotatable bonds is 2. The van der Waals surface area contributed by atoms with Gasteiger partial charge in [-0.05, 0) is 12.5 Å². The summed E-state index contributed by atoms with van der Waals surface area (Å²) in [4.78, 5) is 0. The summed E-state index contributed by atoms with van der Waals surface area (Å²) >= 11 is 0. The van der Waals surface area contributed by atoms with Crippen LogP contribution in [0.1, 0.15) is 23.7 Å². The summed E-state index contributed by atoms with van der Waals surface area (Å²) in [5.41, 5.74) is 2.25. The highest BCUT2D eigenvalue weighted by atomic mass is 16.5. The molecule has 0 aromatic heterocycles. The van der Waals surface area contributed by atoms with Gasteiger partial charge in [0.2, 0.25) is 0 Å². The maximum Gasteiger partial charge on any atom is 0.107 e. The molecule has 3 heteroatoms. The molecule has 3 atom stereocenters. The fourth-order valence-corrected chi connectivity index (χ4v) is 1.98. The highest BCUT2D eigenvalue weighted by Crippen LogP contribution is 2.32. The van der Waals surface area contributed by atoms with Gasteiger partial charge in [-0.2, -0.15) is 0 Å². The van der Waals surface area contributed by atoms with Gasteiger partial charge in [-0.25, -0.2) is 0 Å². The van der Waals surface area contributed by atoms with E-state index in [2.05, 4.69) is 6.07 Å². The summed E-state index contributed by atoms with van der Waals surface area (Å²) in [5.74, 6) is 0. The lowest BCUT2D eigenvalue weighted by Crippen LogP contribution is -2.24. The number of hydrogen-bond donors (Lipinski definition) is 2. The smallest absolute Gasteiger partial charge is 0.107 e. The summed E-state index contributed by atoms with van der Waals surface area (Å²) in [6, 6.07) is 8.05. The molecule has 1 aromatic carbocycles. The normalized spacial score (nSPS) is 30.7. The topological polar surface area (TPSA) is 49.7 Å². The molecule has 0 amide bonds. The number of aliphatic hydroxyl groups is 2.